The van der Waals surface area contributed by atoms with Crippen molar-refractivity contribution < 1.29 is 138 Å². The number of carbonyl (C=O) groups excluding carboxylic acids is 4. The molecule has 0 radical (unpaired) electrons. The quantitative estimate of drug-likeness (QED) is 0.0457. The summed E-state index contributed by atoms with van der Waals surface area (Å²) in [5, 5.41) is 3.17. The predicted octanol–water partition coefficient (Wildman–Crippen LogP) is -0.478. The molecular formula is C59H108N2O29. The average molecular weight is 1310 g/mol. The Kier molecular flexibility index (Phi) is 68.8. The van der Waals surface area contributed by atoms with Crippen LogP contribution in [0.4, 0.5) is 0 Å². The van der Waals surface area contributed by atoms with Gasteiger partial charge in [-0.2, -0.15) is 0 Å². The lowest BCUT2D eigenvalue weighted by molar-refractivity contribution is -0.198. The number of hydrogen-bond acceptors (Lipinski definition) is 29. The molecule has 1 heterocycles. The van der Waals surface area contributed by atoms with Gasteiger partial charge in [0.1, 0.15) is 0 Å². The summed E-state index contributed by atoms with van der Waals surface area (Å²) in [5.74, 6) is 0.361. The Morgan fingerprint density at radius 3 is 0.633 bits per heavy atom. The van der Waals surface area contributed by atoms with E-state index in [-0.39, 0.29) is 44.8 Å². The van der Waals surface area contributed by atoms with Gasteiger partial charge in [0.25, 0.3) is 11.8 Å². The fraction of sp³-hybridized carbons (Fsp3) is 0.898. The Hall–Kier alpha value is -3.32. The molecule has 0 aliphatic carbocycles. The summed E-state index contributed by atoms with van der Waals surface area (Å²) < 4.78 is 132. The number of ether oxygens (including phenoxy) is 24. The maximum Gasteiger partial charge on any atom is 0.335 e. The molecule has 0 aromatic heterocycles. The molecule has 1 rings (SSSR count). The van der Waals surface area contributed by atoms with E-state index >= 15 is 0 Å². The summed E-state index contributed by atoms with van der Waals surface area (Å²) in [6.07, 6.45) is 5.16. The lowest BCUT2D eigenvalue weighted by Crippen LogP contribution is -2.32. The van der Waals surface area contributed by atoms with E-state index in [1.807, 2.05) is 0 Å². The zero-order valence-corrected chi connectivity index (χ0v) is 53.3. The van der Waals surface area contributed by atoms with Crippen molar-refractivity contribution in [2.75, 3.05) is 324 Å². The number of imide groups is 1. The molecule has 90 heavy (non-hydrogen) atoms. The van der Waals surface area contributed by atoms with E-state index in [1.165, 1.54) is 0 Å². The van der Waals surface area contributed by atoms with Crippen molar-refractivity contribution in [2.24, 2.45) is 0 Å². The van der Waals surface area contributed by atoms with E-state index < -0.39 is 17.8 Å². The predicted molar refractivity (Wildman–Crippen MR) is 318 cm³/mol. The molecule has 1 fully saturated rings. The van der Waals surface area contributed by atoms with Gasteiger partial charge < -0.3 is 124 Å². The minimum Gasteiger partial charge on any atom is -0.378 e. The molecule has 0 spiro atoms. The lowest BCUT2D eigenvalue weighted by Gasteiger charge is -2.12. The number of nitrogens with one attached hydrogen (secondary N) is 1. The number of carbonyl (C=O) groups is 4. The minimum atomic E-state index is -0.706. The highest BCUT2D eigenvalue weighted by Crippen LogP contribution is 2.12. The summed E-state index contributed by atoms with van der Waals surface area (Å²) in [6, 6.07) is 0. The molecule has 1 saturated heterocycles. The molecule has 0 unspecified atom stereocenters. The van der Waals surface area contributed by atoms with Gasteiger partial charge in [0.15, 0.2) is 0 Å². The molecule has 1 aliphatic rings. The van der Waals surface area contributed by atoms with Crippen LogP contribution in [0.3, 0.4) is 0 Å². The molecule has 3 amide bonds. The Morgan fingerprint density at radius 2 is 0.456 bits per heavy atom. The van der Waals surface area contributed by atoms with E-state index in [2.05, 4.69) is 11.2 Å². The second-order valence-electron chi connectivity index (χ2n) is 18.2. The van der Waals surface area contributed by atoms with E-state index in [4.69, 9.17) is 125 Å². The molecule has 0 aromatic carbocycles. The third-order valence-electron chi connectivity index (χ3n) is 11.0. The van der Waals surface area contributed by atoms with Gasteiger partial charge in [-0.25, -0.2) is 4.79 Å². The normalized spacial score (nSPS) is 12.5. The topological polar surface area (TPSA) is 314 Å². The van der Waals surface area contributed by atoms with Crippen LogP contribution in [-0.2, 0) is 138 Å². The SMILES string of the molecule is C#CCC(=O)NCCOCCOCCOCCOCCOCCOCCOCCOCCOCCOCCOCCOCCOCCOCCOCCOCCOCCOCCOCCOCCOCCOCCOCCOCCC(=O)ON1C(=O)CCC1=O. The van der Waals surface area contributed by atoms with Crippen LogP contribution in [0.15, 0.2) is 0 Å². The number of terminal acetylenes is 1. The van der Waals surface area contributed by atoms with Gasteiger partial charge >= 0.3 is 5.97 Å². The number of rotatable bonds is 77. The van der Waals surface area contributed by atoms with Gasteiger partial charge in [0.2, 0.25) is 5.91 Å². The van der Waals surface area contributed by atoms with Crippen LogP contribution in [0.5, 0.6) is 0 Å². The summed E-state index contributed by atoms with van der Waals surface area (Å²) >= 11 is 0. The first-order valence-corrected chi connectivity index (χ1v) is 31.2. The number of hydrogen-bond donors (Lipinski definition) is 1. The third-order valence-corrected chi connectivity index (χ3v) is 11.0. The Morgan fingerprint density at radius 1 is 0.289 bits per heavy atom. The van der Waals surface area contributed by atoms with Crippen LogP contribution in [0.1, 0.15) is 25.7 Å². The van der Waals surface area contributed by atoms with E-state index in [0.29, 0.717) is 316 Å². The van der Waals surface area contributed by atoms with Gasteiger partial charge in [-0.05, 0) is 0 Å². The van der Waals surface area contributed by atoms with Gasteiger partial charge in [0.05, 0.1) is 330 Å². The average Bonchev–Trinajstić information content (AvgIpc) is 3.86. The van der Waals surface area contributed by atoms with Crippen molar-refractivity contribution in [2.45, 2.75) is 25.7 Å². The van der Waals surface area contributed by atoms with Crippen molar-refractivity contribution in [3.63, 3.8) is 0 Å². The summed E-state index contributed by atoms with van der Waals surface area (Å²) in [6.45, 7) is 21.9. The monoisotopic (exact) mass is 1310 g/mol. The molecule has 1 N–H and O–H groups in total. The van der Waals surface area contributed by atoms with Crippen LogP contribution in [-0.4, -0.2) is 352 Å². The van der Waals surface area contributed by atoms with Crippen LogP contribution in [0, 0.1) is 12.3 Å². The zero-order valence-electron chi connectivity index (χ0n) is 53.3. The first-order chi connectivity index (χ1) is 44.5. The summed E-state index contributed by atoms with van der Waals surface area (Å²) in [5.41, 5.74) is 0. The smallest absolute Gasteiger partial charge is 0.335 e. The first-order valence-electron chi connectivity index (χ1n) is 31.2. The molecule has 0 atom stereocenters. The number of hydroxylamine groups is 2. The molecule has 0 saturated carbocycles. The van der Waals surface area contributed by atoms with Crippen molar-refractivity contribution in [3.05, 3.63) is 0 Å². The van der Waals surface area contributed by atoms with E-state index in [9.17, 15) is 19.2 Å². The van der Waals surface area contributed by atoms with Crippen molar-refractivity contribution in [1.29, 1.82) is 0 Å². The number of nitrogens with zero attached hydrogens (tertiary/aromatic N) is 1. The van der Waals surface area contributed by atoms with Gasteiger partial charge in [-0.3, -0.25) is 14.4 Å². The molecule has 0 aromatic rings. The second kappa shape index (κ2) is 73.1. The van der Waals surface area contributed by atoms with Crippen LogP contribution < -0.4 is 5.32 Å². The largest absolute Gasteiger partial charge is 0.378 e. The first kappa shape index (κ1) is 84.7. The Balaban J connectivity index is 1.59. The zero-order chi connectivity index (χ0) is 64.5. The van der Waals surface area contributed by atoms with E-state index in [1.54, 1.807) is 0 Å². The molecule has 31 nitrogen and oxygen atoms in total. The molecule has 1 aliphatic heterocycles. The lowest BCUT2D eigenvalue weighted by atomic mass is 10.4. The van der Waals surface area contributed by atoms with Crippen LogP contribution in [0.2, 0.25) is 0 Å². The van der Waals surface area contributed by atoms with Crippen LogP contribution in [0.25, 0.3) is 0 Å². The third kappa shape index (κ3) is 66.1. The van der Waals surface area contributed by atoms with Gasteiger partial charge in [0, 0.05) is 19.4 Å². The van der Waals surface area contributed by atoms with Crippen molar-refractivity contribution >= 4 is 23.7 Å². The highest BCUT2D eigenvalue weighted by molar-refractivity contribution is 6.01. The maximum atomic E-state index is 11.7. The van der Waals surface area contributed by atoms with Gasteiger partial charge in [-0.1, -0.05) is 5.92 Å². The highest BCUT2D eigenvalue weighted by atomic mass is 16.7. The van der Waals surface area contributed by atoms with Crippen LogP contribution >= 0.6 is 0 Å². The van der Waals surface area contributed by atoms with Crippen molar-refractivity contribution in [1.82, 2.24) is 10.4 Å². The highest BCUT2D eigenvalue weighted by Gasteiger charge is 2.32. The minimum absolute atomic E-state index is 0.0511. The fourth-order valence-electron chi connectivity index (χ4n) is 6.54. The van der Waals surface area contributed by atoms with Crippen molar-refractivity contribution in [3.8, 4) is 12.3 Å². The van der Waals surface area contributed by atoms with Gasteiger partial charge in [-0.15, -0.1) is 11.5 Å². The molecule has 31 heteroatoms. The molecular weight excluding hydrogens is 1200 g/mol. The summed E-state index contributed by atoms with van der Waals surface area (Å²) in [4.78, 5) is 50.6. The number of amides is 3. The fourth-order valence-corrected chi connectivity index (χ4v) is 6.54. The Bertz CT molecular complexity index is 1580. The molecule has 0 bridgehead atoms. The van der Waals surface area contributed by atoms with E-state index in [0.717, 1.165) is 0 Å². The summed E-state index contributed by atoms with van der Waals surface area (Å²) in [7, 11) is 0. The maximum absolute atomic E-state index is 11.7. The molecule has 528 valence electrons. The second-order valence-corrected chi connectivity index (χ2v) is 18.2. The Labute approximate surface area is 532 Å². The standard InChI is InChI=1S/C59H108N2O29/c1-2-3-56(62)60-7-9-67-11-13-69-15-17-71-19-21-73-23-25-75-27-29-77-31-33-79-35-37-81-39-41-83-43-45-85-47-49-87-51-53-89-55-54-88-52-50-86-48-46-84-44-42-82-40-38-80-36-34-78-32-30-76-28-26-74-24-22-72-20-18-70-16-14-68-12-10-66-8-6-59(65)90-61-57(63)4-5-58(61)64/h1H,3-55H2,(H,60,62).